The summed E-state index contributed by atoms with van der Waals surface area (Å²) in [6.45, 7) is 15.3. The van der Waals surface area contributed by atoms with Gasteiger partial charge in [-0.1, -0.05) is 87.8 Å². The summed E-state index contributed by atoms with van der Waals surface area (Å²) in [7, 11) is 0. The third-order valence-electron chi connectivity index (χ3n) is 6.81. The highest BCUT2D eigenvalue weighted by atomic mass is 16.5. The summed E-state index contributed by atoms with van der Waals surface area (Å²) in [6.07, 6.45) is 16.8. The summed E-state index contributed by atoms with van der Waals surface area (Å²) in [4.78, 5) is 35.2. The molecule has 7 atom stereocenters. The predicted molar refractivity (Wildman–Crippen MR) is 152 cm³/mol. The zero-order valence-electron chi connectivity index (χ0n) is 24.2. The van der Waals surface area contributed by atoms with Gasteiger partial charge in [-0.05, 0) is 51.5 Å². The molecule has 0 saturated carbocycles. The Morgan fingerprint density at radius 1 is 1.05 bits per heavy atom. The minimum absolute atomic E-state index is 0.0378. The Bertz CT molecular complexity index is 1010. The zero-order chi connectivity index (χ0) is 29.0. The number of aliphatic hydroxyl groups excluding tert-OH is 1. The van der Waals surface area contributed by atoms with Crippen LogP contribution >= 0.6 is 0 Å². The lowest BCUT2D eigenvalue weighted by Crippen LogP contribution is -2.34. The van der Waals surface area contributed by atoms with E-state index < -0.39 is 18.0 Å². The number of allylic oxidation sites excluding steroid dienone is 8. The molecule has 6 heteroatoms. The van der Waals surface area contributed by atoms with E-state index in [-0.39, 0.29) is 35.6 Å². The number of cyclic esters (lactones) is 1. The molecule has 0 amide bonds. The summed E-state index contributed by atoms with van der Waals surface area (Å²) in [5.74, 6) is -2.02. The van der Waals surface area contributed by atoms with E-state index in [2.05, 4.69) is 19.1 Å². The molecule has 0 aromatic rings. The molecule has 0 spiro atoms. The summed E-state index contributed by atoms with van der Waals surface area (Å²) < 4.78 is 5.34. The highest BCUT2D eigenvalue weighted by Gasteiger charge is 2.29. The Morgan fingerprint density at radius 2 is 1.68 bits per heavy atom. The van der Waals surface area contributed by atoms with Crippen LogP contribution in [0.4, 0.5) is 0 Å². The number of hydrogen-bond donors (Lipinski definition) is 2. The molecule has 0 unspecified atom stereocenters. The van der Waals surface area contributed by atoms with Crippen LogP contribution in [-0.4, -0.2) is 40.1 Å². The first-order valence-corrected chi connectivity index (χ1v) is 13.4. The van der Waals surface area contributed by atoms with E-state index in [1.54, 1.807) is 13.8 Å². The van der Waals surface area contributed by atoms with Gasteiger partial charge >= 0.3 is 11.9 Å². The quantitative estimate of drug-likeness (QED) is 0.154. The maximum Gasteiger partial charge on any atom is 0.331 e. The lowest BCUT2D eigenvalue weighted by atomic mass is 9.83. The third-order valence-corrected chi connectivity index (χ3v) is 6.81. The first-order chi connectivity index (χ1) is 17.7. The van der Waals surface area contributed by atoms with Gasteiger partial charge in [-0.2, -0.15) is 0 Å². The monoisotopic (exact) mass is 526 g/mol. The normalized spacial score (nSPS) is 23.3. The average molecular weight is 527 g/mol. The summed E-state index contributed by atoms with van der Waals surface area (Å²) in [5, 5.41) is 19.5. The largest absolute Gasteiger partial charge is 0.478 e. The average Bonchev–Trinajstić information content (AvgIpc) is 2.82. The predicted octanol–water partition coefficient (Wildman–Crippen LogP) is 6.39. The number of ketones is 1. The van der Waals surface area contributed by atoms with Crippen LogP contribution in [0.5, 0.6) is 0 Å². The molecule has 0 saturated heterocycles. The van der Waals surface area contributed by atoms with E-state index in [4.69, 9.17) is 9.84 Å². The number of Topliss-reactive ketones (excluding diaryl/α,β-unsaturated/α-hetero) is 1. The van der Waals surface area contributed by atoms with Crippen LogP contribution in [-0.2, 0) is 19.1 Å². The fraction of sp³-hybridized carbons (Fsp3) is 0.531. The summed E-state index contributed by atoms with van der Waals surface area (Å²) >= 11 is 0. The molecule has 2 N–H and O–H groups in total. The molecule has 0 aromatic carbocycles. The van der Waals surface area contributed by atoms with E-state index in [0.29, 0.717) is 17.9 Å². The molecular weight excluding hydrogens is 480 g/mol. The van der Waals surface area contributed by atoms with Crippen LogP contribution < -0.4 is 0 Å². The molecule has 0 bridgehead atoms. The standard InChI is InChI=1S/C32H46O6/c1-20(16-22(3)12-14-28-24(5)13-15-30(35)38-28)10-9-11-21(2)17-25(6)31(36)27(8)32(37)26(7)18-23(4)19-29(33)34/h9,11-17,19-20,24-28,32,37H,10,18H2,1-8H3,(H,33,34)/b11-9+,14-12+,21-17+,22-16+,23-19+/t20-,24+,25+,26+,27+,28+,32+/m1/s1. The van der Waals surface area contributed by atoms with Crippen molar-refractivity contribution < 1.29 is 29.3 Å². The van der Waals surface area contributed by atoms with Gasteiger partial charge in [0.05, 0.1) is 6.10 Å². The second-order valence-corrected chi connectivity index (χ2v) is 10.9. The Kier molecular flexibility index (Phi) is 14.0. The van der Waals surface area contributed by atoms with Crippen molar-refractivity contribution in [3.8, 4) is 0 Å². The molecule has 6 nitrogen and oxygen atoms in total. The molecule has 1 aliphatic heterocycles. The smallest absolute Gasteiger partial charge is 0.331 e. The molecule has 1 rings (SSSR count). The number of aliphatic carboxylic acids is 1. The Balaban J connectivity index is 2.63. The van der Waals surface area contributed by atoms with Crippen molar-refractivity contribution >= 4 is 17.7 Å². The van der Waals surface area contributed by atoms with E-state index in [0.717, 1.165) is 23.6 Å². The number of carboxylic acid groups (broad SMARTS) is 1. The molecule has 0 aromatic heterocycles. The van der Waals surface area contributed by atoms with Gasteiger partial charge in [0.1, 0.15) is 11.9 Å². The lowest BCUT2D eigenvalue weighted by Gasteiger charge is -2.25. The molecule has 210 valence electrons. The van der Waals surface area contributed by atoms with Crippen LogP contribution in [0.2, 0.25) is 0 Å². The summed E-state index contributed by atoms with van der Waals surface area (Å²) in [6, 6.07) is 0. The van der Waals surface area contributed by atoms with Crippen molar-refractivity contribution in [2.45, 2.75) is 80.4 Å². The van der Waals surface area contributed by atoms with E-state index in [9.17, 15) is 19.5 Å². The second-order valence-electron chi connectivity index (χ2n) is 10.9. The van der Waals surface area contributed by atoms with Crippen molar-refractivity contribution in [1.82, 2.24) is 0 Å². The first kappa shape index (κ1) is 33.0. The Morgan fingerprint density at radius 3 is 2.32 bits per heavy atom. The number of aliphatic hydroxyl groups is 1. The maximum atomic E-state index is 12.9. The number of rotatable bonds is 14. The van der Waals surface area contributed by atoms with E-state index >= 15 is 0 Å². The van der Waals surface area contributed by atoms with Crippen LogP contribution in [0.15, 0.2) is 71.4 Å². The number of carbonyl (C=O) groups excluding carboxylic acids is 2. The molecular formula is C32H46O6. The molecule has 0 radical (unpaired) electrons. The van der Waals surface area contributed by atoms with Crippen molar-refractivity contribution in [2.24, 2.45) is 29.6 Å². The molecule has 38 heavy (non-hydrogen) atoms. The number of esters is 1. The molecule has 1 aliphatic rings. The van der Waals surface area contributed by atoms with Crippen molar-refractivity contribution in [3.63, 3.8) is 0 Å². The zero-order valence-corrected chi connectivity index (χ0v) is 24.2. The lowest BCUT2D eigenvalue weighted by molar-refractivity contribution is -0.143. The Hall–Kier alpha value is -2.99. The van der Waals surface area contributed by atoms with E-state index in [1.807, 2.05) is 65.0 Å². The van der Waals surface area contributed by atoms with Crippen LogP contribution in [0.3, 0.4) is 0 Å². The fourth-order valence-electron chi connectivity index (χ4n) is 4.63. The summed E-state index contributed by atoms with van der Waals surface area (Å²) in [5.41, 5.74) is 2.75. The minimum atomic E-state index is -1.01. The van der Waals surface area contributed by atoms with Gasteiger partial charge in [0.2, 0.25) is 0 Å². The van der Waals surface area contributed by atoms with Crippen LogP contribution in [0, 0.1) is 29.6 Å². The Labute approximate surface area is 228 Å². The number of carboxylic acids is 1. The van der Waals surface area contributed by atoms with Crippen LogP contribution in [0.25, 0.3) is 0 Å². The van der Waals surface area contributed by atoms with Gasteiger partial charge in [0.25, 0.3) is 0 Å². The molecule has 0 fully saturated rings. The fourth-order valence-corrected chi connectivity index (χ4v) is 4.63. The third kappa shape index (κ3) is 12.0. The van der Waals surface area contributed by atoms with Crippen LogP contribution in [0.1, 0.15) is 68.2 Å². The number of carbonyl (C=O) groups is 3. The van der Waals surface area contributed by atoms with Gasteiger partial charge in [-0.3, -0.25) is 4.79 Å². The van der Waals surface area contributed by atoms with Gasteiger partial charge in [0.15, 0.2) is 0 Å². The van der Waals surface area contributed by atoms with Gasteiger partial charge in [-0.25, -0.2) is 9.59 Å². The SMILES string of the molecule is CC(/C=C/[C@@H]1OC(=O)C=C[C@@H]1C)=C\[C@H](C)C/C=C/C(C)=C/[C@H](C)C(=O)[C@H](C)[C@@H](O)[C@@H](C)C/C(C)=C/C(=O)O. The minimum Gasteiger partial charge on any atom is -0.478 e. The topological polar surface area (TPSA) is 101 Å². The van der Waals surface area contributed by atoms with Gasteiger partial charge in [0, 0.05) is 29.9 Å². The van der Waals surface area contributed by atoms with Crippen molar-refractivity contribution in [2.75, 3.05) is 0 Å². The van der Waals surface area contributed by atoms with Crippen molar-refractivity contribution in [1.29, 1.82) is 0 Å². The highest BCUT2D eigenvalue weighted by Crippen LogP contribution is 2.24. The first-order valence-electron chi connectivity index (χ1n) is 13.4. The van der Waals surface area contributed by atoms with Crippen molar-refractivity contribution in [3.05, 3.63) is 71.4 Å². The van der Waals surface area contributed by atoms with Gasteiger partial charge < -0.3 is 14.9 Å². The molecule has 0 aliphatic carbocycles. The molecule has 1 heterocycles. The number of hydrogen-bond acceptors (Lipinski definition) is 5. The van der Waals surface area contributed by atoms with E-state index in [1.165, 1.54) is 6.08 Å². The highest BCUT2D eigenvalue weighted by molar-refractivity contribution is 5.85. The van der Waals surface area contributed by atoms with Gasteiger partial charge in [-0.15, -0.1) is 0 Å². The maximum absolute atomic E-state index is 12.9. The number of ether oxygens (including phenoxy) is 1. The second kappa shape index (κ2) is 16.1.